The summed E-state index contributed by atoms with van der Waals surface area (Å²) in [4.78, 5) is 12.0. The largest absolute Gasteiger partial charge is 0.497 e. The van der Waals surface area contributed by atoms with Crippen molar-refractivity contribution in [2.45, 2.75) is 17.7 Å². The molecule has 0 aromatic heterocycles. The smallest absolute Gasteiger partial charge is 0.243 e. The van der Waals surface area contributed by atoms with Crippen LogP contribution >= 0.6 is 0 Å². The highest BCUT2D eigenvalue weighted by Gasteiger charge is 2.37. The van der Waals surface area contributed by atoms with Gasteiger partial charge in [0, 0.05) is 24.6 Å². The third-order valence-electron chi connectivity index (χ3n) is 5.82. The molecule has 3 aromatic carbocycles. The fourth-order valence-electron chi connectivity index (χ4n) is 4.04. The number of carbonyl (C=O) groups is 1. The van der Waals surface area contributed by atoms with Gasteiger partial charge in [0.25, 0.3) is 0 Å². The van der Waals surface area contributed by atoms with E-state index < -0.39 is 10.0 Å². The number of hydrogen-bond acceptors (Lipinski definition) is 4. The SMILES string of the molecule is COc1ccc(/C=C2\CN(S(=O)(=O)c3ccc(C)cc3)CC2c2ccccc2C=O)cc1. The van der Waals surface area contributed by atoms with Crippen LogP contribution in [0, 0.1) is 6.92 Å². The van der Waals surface area contributed by atoms with Crippen LogP contribution < -0.4 is 4.74 Å². The van der Waals surface area contributed by atoms with Crippen molar-refractivity contribution in [3.63, 3.8) is 0 Å². The summed E-state index contributed by atoms with van der Waals surface area (Å²) in [5.41, 5.74) is 4.31. The first-order chi connectivity index (χ1) is 15.4. The molecule has 0 radical (unpaired) electrons. The van der Waals surface area contributed by atoms with Crippen LogP contribution in [0.2, 0.25) is 0 Å². The maximum absolute atomic E-state index is 13.4. The van der Waals surface area contributed by atoms with Crippen LogP contribution in [-0.4, -0.2) is 39.2 Å². The lowest BCUT2D eigenvalue weighted by atomic mass is 9.89. The first-order valence-corrected chi connectivity index (χ1v) is 11.8. The third kappa shape index (κ3) is 4.38. The first-order valence-electron chi connectivity index (χ1n) is 10.4. The van der Waals surface area contributed by atoms with E-state index in [1.807, 2.05) is 55.5 Å². The second-order valence-corrected chi connectivity index (χ2v) is 9.84. The highest BCUT2D eigenvalue weighted by Crippen LogP contribution is 2.37. The predicted octanol–water partition coefficient (Wildman–Crippen LogP) is 4.69. The number of methoxy groups -OCH3 is 1. The summed E-state index contributed by atoms with van der Waals surface area (Å²) in [5.74, 6) is 0.545. The van der Waals surface area contributed by atoms with Crippen molar-refractivity contribution in [1.82, 2.24) is 4.31 Å². The van der Waals surface area contributed by atoms with Gasteiger partial charge in [-0.3, -0.25) is 4.79 Å². The molecule has 5 nitrogen and oxygen atoms in total. The summed E-state index contributed by atoms with van der Waals surface area (Å²) in [7, 11) is -2.05. The van der Waals surface area contributed by atoms with Gasteiger partial charge in [-0.2, -0.15) is 4.31 Å². The molecule has 1 aliphatic heterocycles. The summed E-state index contributed by atoms with van der Waals surface area (Å²) in [6, 6.07) is 21.9. The summed E-state index contributed by atoms with van der Waals surface area (Å²) in [6.07, 6.45) is 2.84. The van der Waals surface area contributed by atoms with E-state index in [0.717, 1.165) is 34.3 Å². The predicted molar refractivity (Wildman–Crippen MR) is 125 cm³/mol. The molecule has 1 aliphatic rings. The van der Waals surface area contributed by atoms with E-state index in [-0.39, 0.29) is 23.9 Å². The zero-order valence-electron chi connectivity index (χ0n) is 18.1. The van der Waals surface area contributed by atoms with E-state index in [4.69, 9.17) is 4.74 Å². The lowest BCUT2D eigenvalue weighted by Crippen LogP contribution is -2.28. The quantitative estimate of drug-likeness (QED) is 0.515. The Labute approximate surface area is 189 Å². The third-order valence-corrected chi connectivity index (χ3v) is 7.64. The van der Waals surface area contributed by atoms with Crippen molar-refractivity contribution in [1.29, 1.82) is 0 Å². The van der Waals surface area contributed by atoms with Gasteiger partial charge in [0.15, 0.2) is 0 Å². The van der Waals surface area contributed by atoms with Crippen LogP contribution in [0.25, 0.3) is 6.08 Å². The molecule has 164 valence electrons. The van der Waals surface area contributed by atoms with Gasteiger partial charge in [-0.15, -0.1) is 0 Å². The number of aldehydes is 1. The average molecular weight is 448 g/mol. The number of hydrogen-bond donors (Lipinski definition) is 0. The molecule has 4 rings (SSSR count). The van der Waals surface area contributed by atoms with Gasteiger partial charge >= 0.3 is 0 Å². The topological polar surface area (TPSA) is 63.7 Å². The van der Waals surface area contributed by atoms with Crippen molar-refractivity contribution in [2.75, 3.05) is 20.2 Å². The number of carbonyl (C=O) groups excluding carboxylic acids is 1. The number of benzene rings is 3. The van der Waals surface area contributed by atoms with Crippen molar-refractivity contribution in [2.24, 2.45) is 0 Å². The molecule has 3 aromatic rings. The minimum absolute atomic E-state index is 0.210. The Morgan fingerprint density at radius 1 is 0.969 bits per heavy atom. The van der Waals surface area contributed by atoms with E-state index in [9.17, 15) is 13.2 Å². The number of rotatable bonds is 6. The Balaban J connectivity index is 1.75. The Bertz CT molecular complexity index is 1250. The van der Waals surface area contributed by atoms with Crippen LogP contribution in [0.5, 0.6) is 5.75 Å². The Hall–Kier alpha value is -3.22. The van der Waals surface area contributed by atoms with Gasteiger partial charge in [-0.05, 0) is 47.9 Å². The second kappa shape index (κ2) is 9.10. The van der Waals surface area contributed by atoms with Gasteiger partial charge < -0.3 is 4.74 Å². The molecule has 0 amide bonds. The van der Waals surface area contributed by atoms with E-state index in [1.165, 1.54) is 4.31 Å². The summed E-state index contributed by atoms with van der Waals surface area (Å²) in [5, 5.41) is 0. The Kier molecular flexibility index (Phi) is 6.26. The molecule has 32 heavy (non-hydrogen) atoms. The summed E-state index contributed by atoms with van der Waals surface area (Å²) in [6.45, 7) is 2.47. The van der Waals surface area contributed by atoms with Gasteiger partial charge in [-0.1, -0.05) is 60.2 Å². The lowest BCUT2D eigenvalue weighted by Gasteiger charge is -2.17. The molecule has 0 N–H and O–H groups in total. The monoisotopic (exact) mass is 447 g/mol. The highest BCUT2D eigenvalue weighted by molar-refractivity contribution is 7.89. The maximum atomic E-state index is 13.4. The van der Waals surface area contributed by atoms with Crippen LogP contribution in [0.15, 0.2) is 83.3 Å². The van der Waals surface area contributed by atoms with Gasteiger partial charge in [-0.25, -0.2) is 8.42 Å². The molecular formula is C26H25NO4S. The molecule has 0 spiro atoms. The van der Waals surface area contributed by atoms with Crippen molar-refractivity contribution in [3.8, 4) is 5.75 Å². The maximum Gasteiger partial charge on any atom is 0.243 e. The van der Waals surface area contributed by atoms with E-state index >= 15 is 0 Å². The van der Waals surface area contributed by atoms with Gasteiger partial charge in [0.2, 0.25) is 10.0 Å². The normalized spacial score (nSPS) is 18.1. The molecule has 1 heterocycles. The number of sulfonamides is 1. The highest BCUT2D eigenvalue weighted by atomic mass is 32.2. The minimum atomic E-state index is -3.67. The zero-order chi connectivity index (χ0) is 22.7. The summed E-state index contributed by atoms with van der Waals surface area (Å²) < 4.78 is 33.5. The molecule has 1 saturated heterocycles. The number of ether oxygens (including phenoxy) is 1. The Morgan fingerprint density at radius 2 is 1.66 bits per heavy atom. The fraction of sp³-hybridized carbons (Fsp3) is 0.192. The minimum Gasteiger partial charge on any atom is -0.497 e. The van der Waals surface area contributed by atoms with E-state index in [1.54, 1.807) is 37.4 Å². The van der Waals surface area contributed by atoms with Gasteiger partial charge in [0.05, 0.1) is 12.0 Å². The number of aryl methyl sites for hydroxylation is 1. The molecule has 0 aliphatic carbocycles. The number of nitrogens with zero attached hydrogens (tertiary/aromatic N) is 1. The van der Waals surface area contributed by atoms with E-state index in [2.05, 4.69) is 0 Å². The molecular weight excluding hydrogens is 422 g/mol. The lowest BCUT2D eigenvalue weighted by molar-refractivity contribution is 0.112. The first kappa shape index (κ1) is 22.0. The average Bonchev–Trinajstić information content (AvgIpc) is 3.24. The Morgan fingerprint density at radius 3 is 2.31 bits per heavy atom. The molecule has 6 heteroatoms. The fourth-order valence-corrected chi connectivity index (χ4v) is 5.48. The van der Waals surface area contributed by atoms with Crippen LogP contribution in [0.3, 0.4) is 0 Å². The van der Waals surface area contributed by atoms with Crippen LogP contribution in [-0.2, 0) is 10.0 Å². The van der Waals surface area contributed by atoms with Gasteiger partial charge in [0.1, 0.15) is 12.0 Å². The van der Waals surface area contributed by atoms with E-state index in [0.29, 0.717) is 5.56 Å². The second-order valence-electron chi connectivity index (χ2n) is 7.90. The van der Waals surface area contributed by atoms with Crippen molar-refractivity contribution in [3.05, 3.63) is 101 Å². The molecule has 0 bridgehead atoms. The van der Waals surface area contributed by atoms with Crippen molar-refractivity contribution < 1.29 is 17.9 Å². The molecule has 0 saturated carbocycles. The zero-order valence-corrected chi connectivity index (χ0v) is 18.9. The molecule has 1 atom stereocenters. The summed E-state index contributed by atoms with van der Waals surface area (Å²) >= 11 is 0. The van der Waals surface area contributed by atoms with Crippen LogP contribution in [0.1, 0.15) is 33.0 Å². The standard InChI is InChI=1S/C26H25NO4S/c1-19-7-13-24(14-8-19)32(29,30)27-16-22(15-20-9-11-23(31-2)12-10-20)26(17-27)25-6-4-3-5-21(25)18-28/h3-15,18,26H,16-17H2,1-2H3/b22-15+. The molecule has 1 unspecified atom stereocenters. The van der Waals surface area contributed by atoms with Crippen molar-refractivity contribution >= 4 is 22.4 Å². The van der Waals surface area contributed by atoms with Crippen LogP contribution in [0.4, 0.5) is 0 Å². The molecule has 1 fully saturated rings.